The lowest BCUT2D eigenvalue weighted by Gasteiger charge is -2.37. The van der Waals surface area contributed by atoms with E-state index in [1.807, 2.05) is 13.8 Å². The molecule has 0 radical (unpaired) electrons. The normalized spacial score (nSPS) is 31.4. The fourth-order valence-electron chi connectivity index (χ4n) is 2.80. The van der Waals surface area contributed by atoms with E-state index in [0.717, 1.165) is 29.6 Å². The molecule has 92 valence electrons. The highest BCUT2D eigenvalue weighted by atomic mass is 14.3. The highest BCUT2D eigenvalue weighted by molar-refractivity contribution is 4.80. The van der Waals surface area contributed by atoms with Crippen LogP contribution in [-0.4, -0.2) is 0 Å². The minimum absolute atomic E-state index is 0.893. The second-order valence-electron chi connectivity index (χ2n) is 5.82. The first-order valence-electron chi connectivity index (χ1n) is 7.00. The van der Waals surface area contributed by atoms with Crippen molar-refractivity contribution in [2.24, 2.45) is 29.6 Å². The zero-order chi connectivity index (χ0) is 12.0. The van der Waals surface area contributed by atoms with Crippen LogP contribution in [0.15, 0.2) is 0 Å². The van der Waals surface area contributed by atoms with Crippen LogP contribution >= 0.6 is 0 Å². The second kappa shape index (κ2) is 7.30. The highest BCUT2D eigenvalue weighted by Crippen LogP contribution is 2.39. The Hall–Kier alpha value is 0. The topological polar surface area (TPSA) is 0 Å². The zero-order valence-electron chi connectivity index (χ0n) is 12.0. The molecule has 0 aromatic rings. The second-order valence-corrected chi connectivity index (χ2v) is 5.82. The molecule has 1 aliphatic rings. The van der Waals surface area contributed by atoms with Gasteiger partial charge in [-0.3, -0.25) is 0 Å². The average molecular weight is 212 g/mol. The summed E-state index contributed by atoms with van der Waals surface area (Å²) in [6.07, 6.45) is 4.43. The van der Waals surface area contributed by atoms with Gasteiger partial charge in [0.05, 0.1) is 0 Å². The van der Waals surface area contributed by atoms with Crippen LogP contribution in [0, 0.1) is 29.6 Å². The maximum Gasteiger partial charge on any atom is -0.0386 e. The SMILES string of the molecule is CC.CC1CC(C(C)C)CC(C(C)C)C1. The lowest BCUT2D eigenvalue weighted by atomic mass is 9.69. The van der Waals surface area contributed by atoms with Gasteiger partial charge in [0.2, 0.25) is 0 Å². The molecule has 1 aliphatic carbocycles. The summed E-state index contributed by atoms with van der Waals surface area (Å²) in [5.74, 6) is 4.74. The van der Waals surface area contributed by atoms with Gasteiger partial charge in [0.15, 0.2) is 0 Å². The Morgan fingerprint density at radius 3 is 1.33 bits per heavy atom. The molecule has 1 saturated carbocycles. The van der Waals surface area contributed by atoms with Crippen LogP contribution in [0.25, 0.3) is 0 Å². The molecular formula is C15H32. The molecule has 0 heterocycles. The molecule has 0 aliphatic heterocycles. The third-order valence-electron chi connectivity index (χ3n) is 3.90. The Bertz CT molecular complexity index is 130. The van der Waals surface area contributed by atoms with Crippen molar-refractivity contribution in [3.63, 3.8) is 0 Å². The van der Waals surface area contributed by atoms with E-state index >= 15 is 0 Å². The lowest BCUT2D eigenvalue weighted by molar-refractivity contribution is 0.135. The molecule has 0 saturated heterocycles. The van der Waals surface area contributed by atoms with Gasteiger partial charge in [-0.25, -0.2) is 0 Å². The predicted molar refractivity (Wildman–Crippen MR) is 71.0 cm³/mol. The molecule has 0 spiro atoms. The molecule has 0 aromatic carbocycles. The molecule has 2 atom stereocenters. The number of hydrogen-bond acceptors (Lipinski definition) is 0. The van der Waals surface area contributed by atoms with Gasteiger partial charge in [-0.15, -0.1) is 0 Å². The number of hydrogen-bond donors (Lipinski definition) is 0. The van der Waals surface area contributed by atoms with Crippen molar-refractivity contribution in [3.8, 4) is 0 Å². The molecule has 1 rings (SSSR count). The van der Waals surface area contributed by atoms with E-state index in [1.165, 1.54) is 19.3 Å². The summed E-state index contributed by atoms with van der Waals surface area (Å²) in [6.45, 7) is 16.0. The monoisotopic (exact) mass is 212 g/mol. The van der Waals surface area contributed by atoms with Crippen molar-refractivity contribution in [2.75, 3.05) is 0 Å². The first-order valence-corrected chi connectivity index (χ1v) is 7.00. The molecule has 15 heavy (non-hydrogen) atoms. The summed E-state index contributed by atoms with van der Waals surface area (Å²) in [7, 11) is 0. The van der Waals surface area contributed by atoms with E-state index < -0.39 is 0 Å². The average Bonchev–Trinajstić information content (AvgIpc) is 2.19. The summed E-state index contributed by atoms with van der Waals surface area (Å²) in [5.41, 5.74) is 0. The fraction of sp³-hybridized carbons (Fsp3) is 1.00. The van der Waals surface area contributed by atoms with E-state index in [0.29, 0.717) is 0 Å². The smallest absolute Gasteiger partial charge is 0.0386 e. The van der Waals surface area contributed by atoms with Crippen LogP contribution < -0.4 is 0 Å². The van der Waals surface area contributed by atoms with Gasteiger partial charge in [0.25, 0.3) is 0 Å². The Labute approximate surface area is 97.8 Å². The molecule has 2 unspecified atom stereocenters. The summed E-state index contributed by atoms with van der Waals surface area (Å²) in [5, 5.41) is 0. The molecule has 0 nitrogen and oxygen atoms in total. The van der Waals surface area contributed by atoms with Crippen molar-refractivity contribution >= 4 is 0 Å². The minimum Gasteiger partial charge on any atom is -0.0683 e. The van der Waals surface area contributed by atoms with Gasteiger partial charge < -0.3 is 0 Å². The third kappa shape index (κ3) is 5.04. The van der Waals surface area contributed by atoms with Gasteiger partial charge in [-0.05, 0) is 48.9 Å². The van der Waals surface area contributed by atoms with Gasteiger partial charge >= 0.3 is 0 Å². The Morgan fingerprint density at radius 2 is 1.07 bits per heavy atom. The molecule has 0 N–H and O–H groups in total. The highest BCUT2D eigenvalue weighted by Gasteiger charge is 2.29. The molecule has 0 amide bonds. The maximum atomic E-state index is 2.43. The minimum atomic E-state index is 0.893. The quantitative estimate of drug-likeness (QED) is 0.576. The van der Waals surface area contributed by atoms with Crippen molar-refractivity contribution in [3.05, 3.63) is 0 Å². The summed E-state index contributed by atoms with van der Waals surface area (Å²) < 4.78 is 0. The van der Waals surface area contributed by atoms with E-state index in [2.05, 4.69) is 34.6 Å². The van der Waals surface area contributed by atoms with E-state index in [1.54, 1.807) is 0 Å². The van der Waals surface area contributed by atoms with Crippen LogP contribution in [0.4, 0.5) is 0 Å². The van der Waals surface area contributed by atoms with E-state index in [4.69, 9.17) is 0 Å². The van der Waals surface area contributed by atoms with Crippen molar-refractivity contribution in [1.29, 1.82) is 0 Å². The van der Waals surface area contributed by atoms with Gasteiger partial charge in [0, 0.05) is 0 Å². The van der Waals surface area contributed by atoms with Gasteiger partial charge in [-0.2, -0.15) is 0 Å². The van der Waals surface area contributed by atoms with Gasteiger partial charge in [-0.1, -0.05) is 48.5 Å². The Balaban J connectivity index is 0.000000921. The summed E-state index contributed by atoms with van der Waals surface area (Å²) in [6, 6.07) is 0. The molecular weight excluding hydrogens is 180 g/mol. The van der Waals surface area contributed by atoms with Crippen LogP contribution in [-0.2, 0) is 0 Å². The first-order chi connectivity index (χ1) is 7.00. The Kier molecular flexibility index (Phi) is 7.30. The largest absolute Gasteiger partial charge is 0.0683 e. The van der Waals surface area contributed by atoms with Gasteiger partial charge in [0.1, 0.15) is 0 Å². The molecule has 1 fully saturated rings. The number of rotatable bonds is 2. The van der Waals surface area contributed by atoms with Crippen LogP contribution in [0.2, 0.25) is 0 Å². The lowest BCUT2D eigenvalue weighted by Crippen LogP contribution is -2.27. The van der Waals surface area contributed by atoms with Crippen LogP contribution in [0.3, 0.4) is 0 Å². The third-order valence-corrected chi connectivity index (χ3v) is 3.90. The van der Waals surface area contributed by atoms with Crippen LogP contribution in [0.1, 0.15) is 67.7 Å². The zero-order valence-corrected chi connectivity index (χ0v) is 12.0. The molecule has 0 heteroatoms. The standard InChI is InChI=1S/C13H26.C2H6/c1-9(2)12-6-11(5)7-13(8-12)10(3)4;1-2/h9-13H,6-8H2,1-5H3;1-2H3. The first kappa shape index (κ1) is 15.0. The van der Waals surface area contributed by atoms with Crippen molar-refractivity contribution in [1.82, 2.24) is 0 Å². The Morgan fingerprint density at radius 1 is 0.733 bits per heavy atom. The summed E-state index contributed by atoms with van der Waals surface area (Å²) in [4.78, 5) is 0. The summed E-state index contributed by atoms with van der Waals surface area (Å²) >= 11 is 0. The van der Waals surface area contributed by atoms with Crippen LogP contribution in [0.5, 0.6) is 0 Å². The van der Waals surface area contributed by atoms with Crippen molar-refractivity contribution < 1.29 is 0 Å². The molecule has 0 bridgehead atoms. The predicted octanol–water partition coefficient (Wildman–Crippen LogP) is 5.38. The van der Waals surface area contributed by atoms with Crippen molar-refractivity contribution in [2.45, 2.75) is 67.7 Å². The fourth-order valence-corrected chi connectivity index (χ4v) is 2.80. The molecule has 0 aromatic heterocycles. The van der Waals surface area contributed by atoms with E-state index in [-0.39, 0.29) is 0 Å². The van der Waals surface area contributed by atoms with E-state index in [9.17, 15) is 0 Å². The maximum absolute atomic E-state index is 2.43.